The summed E-state index contributed by atoms with van der Waals surface area (Å²) in [6.07, 6.45) is 4.90. The fourth-order valence-electron chi connectivity index (χ4n) is 4.12. The molecule has 2 saturated heterocycles. The highest BCUT2D eigenvalue weighted by molar-refractivity contribution is 14.0. The molecular formula is C22H30FIN6O2. The summed E-state index contributed by atoms with van der Waals surface area (Å²) in [4.78, 5) is 25.0. The fourth-order valence-corrected chi connectivity index (χ4v) is 4.12. The molecule has 4 rings (SSSR count). The lowest BCUT2D eigenvalue weighted by Gasteiger charge is -2.37. The van der Waals surface area contributed by atoms with E-state index in [1.54, 1.807) is 30.1 Å². The molecule has 10 heteroatoms. The maximum absolute atomic E-state index is 14.6. The van der Waals surface area contributed by atoms with Gasteiger partial charge in [-0.15, -0.1) is 24.0 Å². The lowest BCUT2D eigenvalue weighted by atomic mass is 10.2. The number of nitrogens with zero attached hydrogens (tertiary/aromatic N) is 5. The van der Waals surface area contributed by atoms with Crippen LogP contribution in [0.2, 0.25) is 0 Å². The van der Waals surface area contributed by atoms with Gasteiger partial charge in [-0.25, -0.2) is 9.37 Å². The summed E-state index contributed by atoms with van der Waals surface area (Å²) in [6.45, 7) is 5.67. The number of amides is 1. The fraction of sp³-hybridized carbons (Fsp3) is 0.500. The number of halogens is 2. The molecule has 0 bridgehead atoms. The van der Waals surface area contributed by atoms with Crippen molar-refractivity contribution in [3.8, 4) is 5.69 Å². The average molecular weight is 556 g/mol. The van der Waals surface area contributed by atoms with Gasteiger partial charge in [-0.1, -0.05) is 6.07 Å². The Labute approximate surface area is 204 Å². The summed E-state index contributed by atoms with van der Waals surface area (Å²) in [5.41, 5.74) is 1.31. The minimum Gasteiger partial charge on any atom is -0.368 e. The standard InChI is InChI=1S/C22H29FN6O2.HI/c1-16-25-7-8-29(16)19-6-5-17(14-18(19)23)15-26-22(24-2)28-11-9-27(10-12-28)21(30)20-4-3-13-31-20;/h5-8,14,20H,3-4,9-13,15H2,1-2H3,(H,24,26);1H. The molecule has 3 heterocycles. The number of hydrogen-bond donors (Lipinski definition) is 1. The molecule has 1 N–H and O–H groups in total. The van der Waals surface area contributed by atoms with Crippen molar-refractivity contribution in [1.29, 1.82) is 0 Å². The first kappa shape index (κ1) is 24.4. The molecule has 1 atom stereocenters. The number of hydrogen-bond acceptors (Lipinski definition) is 4. The normalized spacial score (nSPS) is 19.1. The van der Waals surface area contributed by atoms with E-state index in [1.165, 1.54) is 6.07 Å². The van der Waals surface area contributed by atoms with Crippen LogP contribution in [-0.2, 0) is 16.1 Å². The van der Waals surface area contributed by atoms with Gasteiger partial charge in [0.05, 0.1) is 5.69 Å². The van der Waals surface area contributed by atoms with E-state index in [0.717, 1.165) is 30.2 Å². The Hall–Kier alpha value is -2.21. The van der Waals surface area contributed by atoms with Gasteiger partial charge in [0.2, 0.25) is 0 Å². The quantitative estimate of drug-likeness (QED) is 0.356. The van der Waals surface area contributed by atoms with Crippen LogP contribution in [0.15, 0.2) is 35.6 Å². The summed E-state index contributed by atoms with van der Waals surface area (Å²) >= 11 is 0. The van der Waals surface area contributed by atoms with Crippen LogP contribution in [0.4, 0.5) is 4.39 Å². The Kier molecular flexibility index (Phi) is 8.46. The molecule has 1 amide bonds. The number of carbonyl (C=O) groups excluding carboxylic acids is 1. The number of carbonyl (C=O) groups is 1. The van der Waals surface area contributed by atoms with Crippen LogP contribution in [0, 0.1) is 12.7 Å². The van der Waals surface area contributed by atoms with Crippen molar-refractivity contribution < 1.29 is 13.9 Å². The number of aliphatic imine (C=N–C) groups is 1. The van der Waals surface area contributed by atoms with Gasteiger partial charge in [0.1, 0.15) is 17.7 Å². The second kappa shape index (κ2) is 11.1. The first-order valence-corrected chi connectivity index (χ1v) is 10.7. The molecule has 8 nitrogen and oxygen atoms in total. The van der Waals surface area contributed by atoms with Crippen LogP contribution in [-0.4, -0.2) is 77.2 Å². The van der Waals surface area contributed by atoms with Crippen LogP contribution in [0.1, 0.15) is 24.2 Å². The van der Waals surface area contributed by atoms with E-state index in [0.29, 0.717) is 45.0 Å². The summed E-state index contributed by atoms with van der Waals surface area (Å²) < 4.78 is 21.9. The largest absolute Gasteiger partial charge is 0.368 e. The lowest BCUT2D eigenvalue weighted by Crippen LogP contribution is -2.55. The molecule has 2 aliphatic heterocycles. The number of aryl methyl sites for hydroxylation is 1. The third-order valence-electron chi connectivity index (χ3n) is 5.86. The monoisotopic (exact) mass is 556 g/mol. The lowest BCUT2D eigenvalue weighted by molar-refractivity contribution is -0.142. The predicted octanol–water partition coefficient (Wildman–Crippen LogP) is 2.34. The Bertz CT molecular complexity index is 952. The van der Waals surface area contributed by atoms with Crippen LogP contribution in [0.5, 0.6) is 0 Å². The van der Waals surface area contributed by atoms with Gasteiger partial charge in [-0.2, -0.15) is 0 Å². The van der Waals surface area contributed by atoms with Crippen molar-refractivity contribution >= 4 is 35.8 Å². The van der Waals surface area contributed by atoms with Gasteiger partial charge in [0.15, 0.2) is 5.96 Å². The van der Waals surface area contributed by atoms with Crippen LogP contribution >= 0.6 is 24.0 Å². The van der Waals surface area contributed by atoms with Crippen molar-refractivity contribution in [2.75, 3.05) is 39.8 Å². The van der Waals surface area contributed by atoms with Crippen molar-refractivity contribution in [3.63, 3.8) is 0 Å². The number of imidazole rings is 1. The maximum atomic E-state index is 14.6. The predicted molar refractivity (Wildman–Crippen MR) is 131 cm³/mol. The molecule has 174 valence electrons. The molecule has 1 aromatic heterocycles. The van der Waals surface area contributed by atoms with Gasteiger partial charge in [-0.3, -0.25) is 9.79 Å². The number of benzene rings is 1. The van der Waals surface area contributed by atoms with Gasteiger partial charge < -0.3 is 24.4 Å². The molecular weight excluding hydrogens is 526 g/mol. The van der Waals surface area contributed by atoms with E-state index >= 15 is 0 Å². The summed E-state index contributed by atoms with van der Waals surface area (Å²) in [6, 6.07) is 5.20. The highest BCUT2D eigenvalue weighted by Gasteiger charge is 2.30. The van der Waals surface area contributed by atoms with Gasteiger partial charge in [-0.05, 0) is 37.5 Å². The summed E-state index contributed by atoms with van der Waals surface area (Å²) in [5, 5.41) is 3.31. The molecule has 0 aliphatic carbocycles. The minimum atomic E-state index is -0.295. The molecule has 2 aliphatic rings. The average Bonchev–Trinajstić information content (AvgIpc) is 3.46. The Morgan fingerprint density at radius 2 is 2.03 bits per heavy atom. The minimum absolute atomic E-state index is 0. The SMILES string of the molecule is CN=C(NCc1ccc(-n2ccnc2C)c(F)c1)N1CCN(C(=O)C2CCCO2)CC1.I. The first-order valence-electron chi connectivity index (χ1n) is 10.7. The number of nitrogens with one attached hydrogen (secondary N) is 1. The van der Waals surface area contributed by atoms with E-state index in [4.69, 9.17) is 4.74 Å². The van der Waals surface area contributed by atoms with E-state index in [-0.39, 0.29) is 41.8 Å². The smallest absolute Gasteiger partial charge is 0.251 e. The summed E-state index contributed by atoms with van der Waals surface area (Å²) in [7, 11) is 1.73. The van der Waals surface area contributed by atoms with Crippen molar-refractivity contribution in [1.82, 2.24) is 24.7 Å². The van der Waals surface area contributed by atoms with Crippen molar-refractivity contribution in [3.05, 3.63) is 47.8 Å². The zero-order chi connectivity index (χ0) is 21.8. The van der Waals surface area contributed by atoms with E-state index in [1.807, 2.05) is 17.9 Å². The number of piperazine rings is 1. The number of rotatable bonds is 4. The zero-order valence-electron chi connectivity index (χ0n) is 18.5. The Balaban J connectivity index is 0.00000289. The van der Waals surface area contributed by atoms with Crippen molar-refractivity contribution in [2.45, 2.75) is 32.4 Å². The highest BCUT2D eigenvalue weighted by atomic mass is 127. The van der Waals surface area contributed by atoms with E-state index in [2.05, 4.69) is 20.2 Å². The third kappa shape index (κ3) is 5.40. The third-order valence-corrected chi connectivity index (χ3v) is 5.86. The molecule has 1 unspecified atom stereocenters. The van der Waals surface area contributed by atoms with E-state index in [9.17, 15) is 9.18 Å². The number of ether oxygens (including phenoxy) is 1. The molecule has 0 radical (unpaired) electrons. The number of aromatic nitrogens is 2. The molecule has 32 heavy (non-hydrogen) atoms. The van der Waals surface area contributed by atoms with Crippen molar-refractivity contribution in [2.24, 2.45) is 4.99 Å². The molecule has 1 aromatic carbocycles. The second-order valence-electron chi connectivity index (χ2n) is 7.84. The molecule has 2 aromatic rings. The molecule has 2 fully saturated rings. The van der Waals surface area contributed by atoms with Gasteiger partial charge >= 0.3 is 0 Å². The summed E-state index contributed by atoms with van der Waals surface area (Å²) in [5.74, 6) is 1.29. The van der Waals surface area contributed by atoms with Crippen LogP contribution in [0.3, 0.4) is 0 Å². The second-order valence-corrected chi connectivity index (χ2v) is 7.84. The van der Waals surface area contributed by atoms with Gasteiger partial charge in [0.25, 0.3) is 5.91 Å². The van der Waals surface area contributed by atoms with Gasteiger partial charge in [0, 0.05) is 58.8 Å². The Morgan fingerprint density at radius 1 is 1.28 bits per heavy atom. The maximum Gasteiger partial charge on any atom is 0.251 e. The Morgan fingerprint density at radius 3 is 2.62 bits per heavy atom. The van der Waals surface area contributed by atoms with Crippen LogP contribution in [0.25, 0.3) is 5.69 Å². The molecule has 0 spiro atoms. The van der Waals surface area contributed by atoms with Crippen LogP contribution < -0.4 is 5.32 Å². The molecule has 0 saturated carbocycles. The first-order chi connectivity index (χ1) is 15.1. The topological polar surface area (TPSA) is 75.0 Å². The van der Waals surface area contributed by atoms with E-state index < -0.39 is 0 Å². The highest BCUT2D eigenvalue weighted by Crippen LogP contribution is 2.18. The number of guanidine groups is 1. The zero-order valence-corrected chi connectivity index (χ0v) is 20.8.